The van der Waals surface area contributed by atoms with Crippen LogP contribution in [0.4, 0.5) is 5.69 Å². The van der Waals surface area contributed by atoms with Gasteiger partial charge >= 0.3 is 5.97 Å². The van der Waals surface area contributed by atoms with Gasteiger partial charge < -0.3 is 14.5 Å². The second-order valence-corrected chi connectivity index (χ2v) is 5.25. The Bertz CT molecular complexity index is 813. The molecule has 7 nitrogen and oxygen atoms in total. The van der Waals surface area contributed by atoms with Gasteiger partial charge in [-0.15, -0.1) is 0 Å². The summed E-state index contributed by atoms with van der Waals surface area (Å²) in [5, 5.41) is 2.67. The molecule has 23 heavy (non-hydrogen) atoms. The Labute approximate surface area is 135 Å². The van der Waals surface area contributed by atoms with E-state index in [-0.39, 0.29) is 13.0 Å². The van der Waals surface area contributed by atoms with Crippen molar-refractivity contribution in [2.75, 3.05) is 11.9 Å². The number of nitrogens with zero attached hydrogens (tertiary/aromatic N) is 2. The number of rotatable bonds is 6. The fraction of sp³-hybridized carbons (Fsp3) is 0.200. The van der Waals surface area contributed by atoms with Crippen molar-refractivity contribution in [1.82, 2.24) is 8.75 Å². The van der Waals surface area contributed by atoms with Crippen molar-refractivity contribution in [2.45, 2.75) is 12.8 Å². The predicted molar refractivity (Wildman–Crippen MR) is 84.0 cm³/mol. The number of carbonyl (C=O) groups excluding carboxylic acids is 2. The SMILES string of the molecule is O=C(COC(=O)CCc1ccco1)Nc1cccc2nsnc12. The first-order valence-electron chi connectivity index (χ1n) is 6.91. The summed E-state index contributed by atoms with van der Waals surface area (Å²) in [7, 11) is 0. The van der Waals surface area contributed by atoms with Crippen LogP contribution in [0.5, 0.6) is 0 Å². The second-order valence-electron chi connectivity index (χ2n) is 4.73. The standard InChI is InChI=1S/C15H13N3O4S/c19-13(9-22-14(20)7-6-10-3-2-8-21-10)16-11-4-1-5-12-15(11)18-23-17-12/h1-5,8H,6-7,9H2,(H,16,19). The number of aromatic nitrogens is 2. The van der Waals surface area contributed by atoms with Gasteiger partial charge in [0, 0.05) is 6.42 Å². The largest absolute Gasteiger partial charge is 0.469 e. The van der Waals surface area contributed by atoms with Crippen molar-refractivity contribution in [3.05, 3.63) is 42.4 Å². The fourth-order valence-corrected chi connectivity index (χ4v) is 2.54. The van der Waals surface area contributed by atoms with Crippen LogP contribution in [0.2, 0.25) is 0 Å². The first kappa shape index (κ1) is 15.2. The van der Waals surface area contributed by atoms with E-state index in [0.29, 0.717) is 28.9 Å². The van der Waals surface area contributed by atoms with E-state index in [9.17, 15) is 9.59 Å². The molecule has 0 spiro atoms. The number of hydrogen-bond acceptors (Lipinski definition) is 7. The normalized spacial score (nSPS) is 10.6. The molecule has 0 saturated carbocycles. The van der Waals surface area contributed by atoms with Crippen LogP contribution in [0.25, 0.3) is 11.0 Å². The van der Waals surface area contributed by atoms with Crippen molar-refractivity contribution in [2.24, 2.45) is 0 Å². The summed E-state index contributed by atoms with van der Waals surface area (Å²) in [6.45, 7) is -0.342. The quantitative estimate of drug-likeness (QED) is 0.697. The molecule has 0 saturated heterocycles. The third-order valence-corrected chi connectivity index (χ3v) is 3.62. The molecule has 1 aromatic carbocycles. The van der Waals surface area contributed by atoms with Crippen LogP contribution in [0.1, 0.15) is 12.2 Å². The van der Waals surface area contributed by atoms with Crippen LogP contribution in [0, 0.1) is 0 Å². The van der Waals surface area contributed by atoms with E-state index in [0.717, 1.165) is 11.7 Å². The van der Waals surface area contributed by atoms with Gasteiger partial charge in [0.25, 0.3) is 5.91 Å². The average Bonchev–Trinajstić information content (AvgIpc) is 3.22. The number of anilines is 1. The van der Waals surface area contributed by atoms with Gasteiger partial charge in [-0.1, -0.05) is 6.07 Å². The van der Waals surface area contributed by atoms with E-state index < -0.39 is 11.9 Å². The summed E-state index contributed by atoms with van der Waals surface area (Å²) in [5.74, 6) is -0.170. The number of fused-ring (bicyclic) bond motifs is 1. The zero-order valence-electron chi connectivity index (χ0n) is 12.0. The predicted octanol–water partition coefficient (Wildman–Crippen LogP) is 2.40. The molecule has 0 fully saturated rings. The van der Waals surface area contributed by atoms with Gasteiger partial charge in [0.2, 0.25) is 0 Å². The molecule has 8 heteroatoms. The molecule has 2 heterocycles. The molecule has 0 bridgehead atoms. The van der Waals surface area contributed by atoms with Gasteiger partial charge in [-0.25, -0.2) is 0 Å². The molecule has 3 aromatic rings. The summed E-state index contributed by atoms with van der Waals surface area (Å²) >= 11 is 1.07. The maximum atomic E-state index is 11.9. The monoisotopic (exact) mass is 331 g/mol. The maximum absolute atomic E-state index is 11.9. The van der Waals surface area contributed by atoms with Crippen LogP contribution in [-0.4, -0.2) is 27.2 Å². The number of benzene rings is 1. The summed E-state index contributed by atoms with van der Waals surface area (Å²) in [6.07, 6.45) is 2.14. The molecular formula is C15H13N3O4S. The van der Waals surface area contributed by atoms with Crippen LogP contribution >= 0.6 is 11.7 Å². The van der Waals surface area contributed by atoms with Gasteiger partial charge in [0.1, 0.15) is 16.8 Å². The Kier molecular flexibility index (Phi) is 4.62. The highest BCUT2D eigenvalue weighted by molar-refractivity contribution is 7.00. The molecule has 3 rings (SSSR count). The molecule has 0 aliphatic rings. The van der Waals surface area contributed by atoms with Crippen molar-refractivity contribution in [3.63, 3.8) is 0 Å². The summed E-state index contributed by atoms with van der Waals surface area (Å²) in [4.78, 5) is 23.5. The third kappa shape index (κ3) is 3.92. The van der Waals surface area contributed by atoms with Gasteiger partial charge in [0.05, 0.1) is 30.1 Å². The molecular weight excluding hydrogens is 318 g/mol. The number of aryl methyl sites for hydroxylation is 1. The number of esters is 1. The summed E-state index contributed by atoms with van der Waals surface area (Å²) in [5.41, 5.74) is 1.88. The lowest BCUT2D eigenvalue weighted by Crippen LogP contribution is -2.21. The lowest BCUT2D eigenvalue weighted by molar-refractivity contribution is -0.147. The van der Waals surface area contributed by atoms with E-state index in [1.54, 1.807) is 30.5 Å². The molecule has 0 radical (unpaired) electrons. The number of amides is 1. The third-order valence-electron chi connectivity index (χ3n) is 3.08. The Morgan fingerprint density at radius 3 is 2.96 bits per heavy atom. The Morgan fingerprint density at radius 1 is 1.22 bits per heavy atom. The zero-order chi connectivity index (χ0) is 16.1. The lowest BCUT2D eigenvalue weighted by Gasteiger charge is -2.06. The number of furan rings is 1. The Balaban J connectivity index is 1.47. The molecule has 118 valence electrons. The van der Waals surface area contributed by atoms with Crippen LogP contribution < -0.4 is 5.32 Å². The maximum Gasteiger partial charge on any atom is 0.306 e. The van der Waals surface area contributed by atoms with Gasteiger partial charge in [0.15, 0.2) is 6.61 Å². The molecule has 0 aliphatic carbocycles. The average molecular weight is 331 g/mol. The smallest absolute Gasteiger partial charge is 0.306 e. The number of nitrogens with one attached hydrogen (secondary N) is 1. The highest BCUT2D eigenvalue weighted by Gasteiger charge is 2.11. The van der Waals surface area contributed by atoms with Gasteiger partial charge in [-0.2, -0.15) is 8.75 Å². The van der Waals surface area contributed by atoms with Crippen molar-refractivity contribution in [3.8, 4) is 0 Å². The summed E-state index contributed by atoms with van der Waals surface area (Å²) in [6, 6.07) is 8.84. The van der Waals surface area contributed by atoms with Gasteiger partial charge in [-0.3, -0.25) is 9.59 Å². The Hall–Kier alpha value is -2.74. The molecule has 0 aliphatic heterocycles. The highest BCUT2D eigenvalue weighted by Crippen LogP contribution is 2.20. The first-order chi connectivity index (χ1) is 11.2. The second kappa shape index (κ2) is 7.01. The van der Waals surface area contributed by atoms with E-state index in [1.807, 2.05) is 6.07 Å². The fourth-order valence-electron chi connectivity index (χ4n) is 1.99. The number of carbonyl (C=O) groups is 2. The summed E-state index contributed by atoms with van der Waals surface area (Å²) < 4.78 is 18.3. The van der Waals surface area contributed by atoms with Gasteiger partial charge in [-0.05, 0) is 24.3 Å². The van der Waals surface area contributed by atoms with Crippen LogP contribution in [0.15, 0.2) is 41.0 Å². The van der Waals surface area contributed by atoms with Crippen LogP contribution in [-0.2, 0) is 20.7 Å². The molecule has 0 atom stereocenters. The molecule has 0 unspecified atom stereocenters. The van der Waals surface area contributed by atoms with E-state index in [2.05, 4.69) is 14.1 Å². The Morgan fingerprint density at radius 2 is 2.13 bits per heavy atom. The minimum atomic E-state index is -0.454. The molecule has 1 N–H and O–H groups in total. The van der Waals surface area contributed by atoms with E-state index >= 15 is 0 Å². The van der Waals surface area contributed by atoms with E-state index in [4.69, 9.17) is 9.15 Å². The zero-order valence-corrected chi connectivity index (χ0v) is 12.8. The molecule has 1 amide bonds. The topological polar surface area (TPSA) is 94.3 Å². The molecule has 2 aromatic heterocycles. The first-order valence-corrected chi connectivity index (χ1v) is 7.64. The van der Waals surface area contributed by atoms with Crippen LogP contribution in [0.3, 0.4) is 0 Å². The van der Waals surface area contributed by atoms with Crippen molar-refractivity contribution >= 4 is 40.3 Å². The van der Waals surface area contributed by atoms with E-state index in [1.165, 1.54) is 0 Å². The van der Waals surface area contributed by atoms with Crippen molar-refractivity contribution < 1.29 is 18.7 Å². The highest BCUT2D eigenvalue weighted by atomic mass is 32.1. The lowest BCUT2D eigenvalue weighted by atomic mass is 10.2. The minimum absolute atomic E-state index is 0.159. The number of ether oxygens (including phenoxy) is 1. The van der Waals surface area contributed by atoms with Crippen molar-refractivity contribution in [1.29, 1.82) is 0 Å². The minimum Gasteiger partial charge on any atom is -0.469 e. The number of hydrogen-bond donors (Lipinski definition) is 1.